The SMILES string of the molecule is COCCOCCOCCOCCOCCOCCOCCOCCOCCOCCOCCOCCOCCOCCOCCOCCOCCOCCOCCOCCOCCOCCOCCOCCNC(=O)CCCCCN1c2ccc(S(=O)(=O)O)cc2C(C)(C)C1CC=CC=CC1=[N+](CCCCCC(=O)NCCCCCNC(=O)OC(C)(C)C)c2ccc(C)cc2C1(C)C. The van der Waals surface area contributed by atoms with E-state index in [4.69, 9.17) is 118 Å². The third kappa shape index (κ3) is 61.9. The van der Waals surface area contributed by atoms with Gasteiger partial charge in [-0.3, -0.25) is 14.1 Å². The molecule has 2 heterocycles. The molecule has 0 aromatic heterocycles. The fraction of sp³-hybridized carbons (Fsp3) is 0.794. The number of alkyl carbamates (subject to hydrolysis) is 1. The van der Waals surface area contributed by atoms with Crippen LogP contribution >= 0.6 is 0 Å². The van der Waals surface area contributed by atoms with E-state index in [-0.39, 0.29) is 28.2 Å². The highest BCUT2D eigenvalue weighted by Gasteiger charge is 2.46. The average molecular weight is 1930 g/mol. The molecule has 0 aliphatic carbocycles. The molecule has 0 radical (unpaired) electrons. The summed E-state index contributed by atoms with van der Waals surface area (Å²) in [6.07, 6.45) is 17.3. The third-order valence-corrected chi connectivity index (χ3v) is 21.9. The summed E-state index contributed by atoms with van der Waals surface area (Å²) in [5, 5.41) is 8.79. The number of rotatable bonds is 95. The second-order valence-corrected chi connectivity index (χ2v) is 35.1. The van der Waals surface area contributed by atoms with E-state index in [0.29, 0.717) is 362 Å². The summed E-state index contributed by atoms with van der Waals surface area (Å²) in [5.41, 5.74) is 5.49. The Labute approximate surface area is 800 Å². The van der Waals surface area contributed by atoms with Crippen molar-refractivity contribution in [3.05, 3.63) is 77.4 Å². The van der Waals surface area contributed by atoms with Crippen LogP contribution < -0.4 is 20.9 Å². The Morgan fingerprint density at radius 2 is 0.739 bits per heavy atom. The molecule has 0 bridgehead atoms. The monoisotopic (exact) mass is 1930 g/mol. The molecule has 2 aliphatic rings. The Hall–Kier alpha value is -5.45. The minimum atomic E-state index is -4.42. The number of carbonyl (C=O) groups is 3. The molecule has 2 aromatic rings. The number of benzene rings is 2. The quantitative estimate of drug-likeness (QED) is 0.0207. The van der Waals surface area contributed by atoms with Crippen molar-refractivity contribution < 1.29 is 150 Å². The van der Waals surface area contributed by atoms with Crippen molar-refractivity contribution in [2.24, 2.45) is 0 Å². The molecule has 0 fully saturated rings. The van der Waals surface area contributed by atoms with Crippen molar-refractivity contribution in [3.63, 3.8) is 0 Å². The number of hydrogen-bond acceptors (Lipinski definition) is 31. The van der Waals surface area contributed by atoms with Gasteiger partial charge in [0.25, 0.3) is 10.1 Å². The molecule has 2 aliphatic heterocycles. The second kappa shape index (κ2) is 80.2. The molecule has 0 spiro atoms. The number of anilines is 1. The number of fused-ring (bicyclic) bond motifs is 2. The molecule has 3 amide bonds. The van der Waals surface area contributed by atoms with Crippen molar-refractivity contribution in [1.29, 1.82) is 0 Å². The molecule has 4 N–H and O–H groups in total. The highest BCUT2D eigenvalue weighted by molar-refractivity contribution is 7.85. The third-order valence-electron chi connectivity index (χ3n) is 21.0. The van der Waals surface area contributed by atoms with Gasteiger partial charge in [0.1, 0.15) is 12.1 Å². The molecule has 1 atom stereocenters. The van der Waals surface area contributed by atoms with Crippen LogP contribution in [-0.2, 0) is 149 Å². The van der Waals surface area contributed by atoms with Gasteiger partial charge >= 0.3 is 6.09 Å². The number of hydrogen-bond donors (Lipinski definition) is 4. The number of aryl methyl sites for hydroxylation is 1. The van der Waals surface area contributed by atoms with Crippen LogP contribution in [0.25, 0.3) is 0 Å². The zero-order valence-corrected chi connectivity index (χ0v) is 83.4. The summed E-state index contributed by atoms with van der Waals surface area (Å²) in [5.74, 6) is 0.0320. The summed E-state index contributed by atoms with van der Waals surface area (Å²) in [7, 11) is -2.78. The van der Waals surface area contributed by atoms with E-state index < -0.39 is 27.2 Å². The first-order chi connectivity index (χ1) is 65.2. The number of nitrogens with zero attached hydrogens (tertiary/aromatic N) is 2. The summed E-state index contributed by atoms with van der Waals surface area (Å²) in [6.45, 7) is 41.8. The largest absolute Gasteiger partial charge is 0.444 e. The van der Waals surface area contributed by atoms with Gasteiger partial charge in [0, 0.05) is 87.4 Å². The van der Waals surface area contributed by atoms with Gasteiger partial charge in [-0.1, -0.05) is 50.1 Å². The van der Waals surface area contributed by atoms with Gasteiger partial charge < -0.3 is 139 Å². The summed E-state index contributed by atoms with van der Waals surface area (Å²) >= 11 is 0. The molecule has 774 valence electrons. The maximum Gasteiger partial charge on any atom is 0.407 e. The lowest BCUT2D eigenvalue weighted by Crippen LogP contribution is -2.41. The normalized spacial score (nSPS) is 14.2. The number of methoxy groups -OCH3 is 1. The second-order valence-electron chi connectivity index (χ2n) is 33.7. The van der Waals surface area contributed by atoms with E-state index in [0.717, 1.165) is 69.2 Å². The van der Waals surface area contributed by atoms with Crippen molar-refractivity contribution >= 4 is 45.1 Å². The molecule has 0 saturated carbocycles. The van der Waals surface area contributed by atoms with Crippen LogP contribution in [0.3, 0.4) is 0 Å². The Kier molecular flexibility index (Phi) is 72.4. The van der Waals surface area contributed by atoms with Gasteiger partial charge in [-0.05, 0) is 123 Å². The Bertz CT molecular complexity index is 3450. The smallest absolute Gasteiger partial charge is 0.407 e. The van der Waals surface area contributed by atoms with Crippen molar-refractivity contribution in [1.82, 2.24) is 16.0 Å². The molecule has 2 aromatic carbocycles. The van der Waals surface area contributed by atoms with E-state index >= 15 is 0 Å². The number of nitrogens with one attached hydrogen (secondary N) is 3. The summed E-state index contributed by atoms with van der Waals surface area (Å²) < 4.78 is 175. The summed E-state index contributed by atoms with van der Waals surface area (Å²) in [4.78, 5) is 39.6. The fourth-order valence-electron chi connectivity index (χ4n) is 14.0. The van der Waals surface area contributed by atoms with Crippen LogP contribution in [0, 0.1) is 6.92 Å². The molecule has 4 rings (SSSR count). The first-order valence-electron chi connectivity index (χ1n) is 48.4. The molecule has 1 unspecified atom stereocenters. The van der Waals surface area contributed by atoms with Crippen LogP contribution in [0.2, 0.25) is 0 Å². The lowest BCUT2D eigenvalue weighted by atomic mass is 9.79. The van der Waals surface area contributed by atoms with E-state index in [2.05, 4.69) is 103 Å². The predicted molar refractivity (Wildman–Crippen MR) is 509 cm³/mol. The number of allylic oxidation sites excluding steroid dienone is 3. The molecule has 0 saturated heterocycles. The topological polar surface area (TPSA) is 379 Å². The minimum Gasteiger partial charge on any atom is -0.444 e. The van der Waals surface area contributed by atoms with Gasteiger partial charge in [-0.15, -0.1) is 0 Å². The number of carbonyl (C=O) groups excluding carboxylic acids is 3. The molecule has 134 heavy (non-hydrogen) atoms. The van der Waals surface area contributed by atoms with Crippen molar-refractivity contribution in [2.75, 3.05) is 355 Å². The Morgan fingerprint density at radius 1 is 0.403 bits per heavy atom. The van der Waals surface area contributed by atoms with Crippen LogP contribution in [0.15, 0.2) is 65.6 Å². The zero-order chi connectivity index (χ0) is 96.6. The Balaban J connectivity index is 0.844. The lowest BCUT2D eigenvalue weighted by molar-refractivity contribution is -0.438. The first kappa shape index (κ1) is 121. The molecular weight excluding hydrogens is 1760 g/mol. The van der Waals surface area contributed by atoms with E-state index in [1.807, 2.05) is 26.8 Å². The number of ether oxygens (including phenoxy) is 25. The van der Waals surface area contributed by atoms with E-state index in [1.54, 1.807) is 13.2 Å². The maximum atomic E-state index is 12.8. The van der Waals surface area contributed by atoms with Gasteiger partial charge in [0.05, 0.1) is 321 Å². The molecule has 37 heteroatoms. The van der Waals surface area contributed by atoms with Crippen LogP contribution in [0.4, 0.5) is 16.2 Å². The van der Waals surface area contributed by atoms with E-state index in [1.165, 1.54) is 28.6 Å². The van der Waals surface area contributed by atoms with Crippen molar-refractivity contribution in [3.8, 4) is 0 Å². The van der Waals surface area contributed by atoms with Crippen LogP contribution in [-0.4, -0.2) is 403 Å². The van der Waals surface area contributed by atoms with Crippen LogP contribution in [0.5, 0.6) is 0 Å². The average Bonchev–Trinajstić information content (AvgIpc) is 1.59. The lowest BCUT2D eigenvalue weighted by Gasteiger charge is -2.34. The number of unbranched alkanes of at least 4 members (excludes halogenated alkanes) is 6. The minimum absolute atomic E-state index is 0.00935. The summed E-state index contributed by atoms with van der Waals surface area (Å²) in [6, 6.07) is 11.6. The Morgan fingerprint density at radius 3 is 1.10 bits per heavy atom. The first-order valence-corrected chi connectivity index (χ1v) is 49.9. The zero-order valence-electron chi connectivity index (χ0n) is 82.6. The van der Waals surface area contributed by atoms with Crippen LogP contribution in [0.1, 0.15) is 142 Å². The maximum absolute atomic E-state index is 12.8. The van der Waals surface area contributed by atoms with E-state index in [9.17, 15) is 27.4 Å². The van der Waals surface area contributed by atoms with Crippen molar-refractivity contribution in [2.45, 2.75) is 160 Å². The highest BCUT2D eigenvalue weighted by Crippen LogP contribution is 2.48. The van der Waals surface area contributed by atoms with Gasteiger partial charge in [-0.2, -0.15) is 13.0 Å². The fourth-order valence-corrected chi connectivity index (χ4v) is 14.5. The molecular formula is C97H170N5O31S+. The standard InChI is InChI=1S/C97H169N5O31S/c1-84-26-28-88-86(82-84)96(5,6)90(101(88)33-20-11-16-24-92(103)98-30-18-13-19-31-100-94(105)133-95(2,3)4)22-14-10-15-23-91-97(7,8)87-83-85(134(106,107)108)27-29-89(87)102(91)34-21-12-17-25-93(104)99-32-35-110-38-39-112-42-43-114-46-47-116-50-51-118-54-55-120-58-59-122-62-63-124-66-67-126-70-71-128-74-75-130-78-79-132-81-80-131-77-76-129-73-72-127-69-68-125-65-64-123-61-60-121-57-56-119-53-52-117-49-48-115-45-44-113-41-40-111-37-36-109-9/h10,14-15,22,26-29,82-83,91H,11-13,16-21,23-25,30-81H2,1-9H3,(H3-,98,99,100,103,104,105,106,107,108)/p+1. The van der Waals surface area contributed by atoms with Gasteiger partial charge in [0.15, 0.2) is 5.71 Å². The molecule has 36 nitrogen and oxygen atoms in total. The highest BCUT2D eigenvalue weighted by atomic mass is 32.2. The predicted octanol–water partition coefficient (Wildman–Crippen LogP) is 9.36. The number of amides is 3. The van der Waals surface area contributed by atoms with Gasteiger partial charge in [-0.25, -0.2) is 4.79 Å². The van der Waals surface area contributed by atoms with Gasteiger partial charge in [0.2, 0.25) is 17.5 Å².